The molecule has 0 unspecified atom stereocenters. The van der Waals surface area contributed by atoms with Crippen LogP contribution < -0.4 is 20.2 Å². The number of rotatable bonds is 7. The Morgan fingerprint density at radius 3 is 2.53 bits per heavy atom. The number of hydrazone groups is 1. The van der Waals surface area contributed by atoms with E-state index in [4.69, 9.17) is 44.9 Å². The highest BCUT2D eigenvalue weighted by atomic mass is 35.5. The second-order valence-corrected chi connectivity index (χ2v) is 7.65. The molecule has 164 valence electrons. The summed E-state index contributed by atoms with van der Waals surface area (Å²) in [5.74, 6) is 0.205. The van der Waals surface area contributed by atoms with Crippen LogP contribution in [-0.2, 0) is 0 Å². The van der Waals surface area contributed by atoms with Crippen LogP contribution in [0.5, 0.6) is 11.5 Å². The number of nitrogens with zero attached hydrogens (tertiary/aromatic N) is 1. The lowest BCUT2D eigenvalue weighted by atomic mass is 10.2. The second kappa shape index (κ2) is 11.5. The molecule has 9 heteroatoms. The van der Waals surface area contributed by atoms with Gasteiger partial charge in [0.25, 0.3) is 0 Å². The van der Waals surface area contributed by atoms with Gasteiger partial charge in [-0.15, -0.1) is 0 Å². The molecule has 0 amide bonds. The molecule has 0 aliphatic rings. The minimum Gasteiger partial charge on any atom is -0.490 e. The average Bonchev–Trinajstić information content (AvgIpc) is 2.76. The fraction of sp³-hybridized carbons (Fsp3) is 0.0870. The summed E-state index contributed by atoms with van der Waals surface area (Å²) in [6, 6.07) is 18.7. The molecule has 0 aliphatic heterocycles. The zero-order valence-corrected chi connectivity index (χ0v) is 19.3. The van der Waals surface area contributed by atoms with E-state index < -0.39 is 5.97 Å². The molecule has 0 fully saturated rings. The summed E-state index contributed by atoms with van der Waals surface area (Å²) in [6.45, 7) is 2.24. The Balaban J connectivity index is 1.64. The lowest BCUT2D eigenvalue weighted by Gasteiger charge is -2.11. The standard InChI is InChI=1S/C23H19Cl2N3O3S/c1-2-30-21-12-15(14-26-28-23(32)27-19-5-3-4-18(25)13-19)6-11-20(21)31-22(29)16-7-9-17(24)10-8-16/h3-14H,2H2,1H3,(H2,27,28,32). The van der Waals surface area contributed by atoms with Gasteiger partial charge in [0.15, 0.2) is 16.6 Å². The molecule has 32 heavy (non-hydrogen) atoms. The number of halogens is 2. The predicted molar refractivity (Wildman–Crippen MR) is 132 cm³/mol. The van der Waals surface area contributed by atoms with Crippen LogP contribution in [0.2, 0.25) is 10.0 Å². The van der Waals surface area contributed by atoms with Crippen LogP contribution >= 0.6 is 35.4 Å². The van der Waals surface area contributed by atoms with Gasteiger partial charge in [-0.2, -0.15) is 5.10 Å². The van der Waals surface area contributed by atoms with Gasteiger partial charge in [0.05, 0.1) is 18.4 Å². The van der Waals surface area contributed by atoms with Crippen LogP contribution in [0.25, 0.3) is 0 Å². The van der Waals surface area contributed by atoms with Crippen molar-refractivity contribution in [2.45, 2.75) is 6.92 Å². The number of carbonyl (C=O) groups excluding carboxylic acids is 1. The van der Waals surface area contributed by atoms with Crippen molar-refractivity contribution in [2.75, 3.05) is 11.9 Å². The molecule has 0 saturated carbocycles. The van der Waals surface area contributed by atoms with Gasteiger partial charge in [-0.05, 0) is 85.4 Å². The molecular weight excluding hydrogens is 469 g/mol. The Morgan fingerprint density at radius 2 is 1.81 bits per heavy atom. The van der Waals surface area contributed by atoms with Crippen LogP contribution in [0.1, 0.15) is 22.8 Å². The van der Waals surface area contributed by atoms with Crippen LogP contribution in [0.4, 0.5) is 5.69 Å². The Labute approximate surface area is 201 Å². The van der Waals surface area contributed by atoms with Crippen molar-refractivity contribution in [2.24, 2.45) is 5.10 Å². The van der Waals surface area contributed by atoms with Gasteiger partial charge in [0.1, 0.15) is 0 Å². The van der Waals surface area contributed by atoms with E-state index in [0.29, 0.717) is 38.8 Å². The Hall–Kier alpha value is -3.13. The molecule has 3 aromatic carbocycles. The van der Waals surface area contributed by atoms with Crippen LogP contribution in [-0.4, -0.2) is 23.9 Å². The van der Waals surface area contributed by atoms with Crippen molar-refractivity contribution in [1.29, 1.82) is 0 Å². The minimum atomic E-state index is -0.511. The van der Waals surface area contributed by atoms with Gasteiger partial charge in [-0.25, -0.2) is 4.79 Å². The zero-order valence-electron chi connectivity index (χ0n) is 17.0. The Morgan fingerprint density at radius 1 is 1.03 bits per heavy atom. The maximum Gasteiger partial charge on any atom is 0.343 e. The van der Waals surface area contributed by atoms with Crippen LogP contribution in [0, 0.1) is 0 Å². The normalized spacial score (nSPS) is 10.6. The zero-order chi connectivity index (χ0) is 22.9. The van der Waals surface area contributed by atoms with Crippen LogP contribution in [0.15, 0.2) is 71.8 Å². The van der Waals surface area contributed by atoms with Crippen LogP contribution in [0.3, 0.4) is 0 Å². The highest BCUT2D eigenvalue weighted by Gasteiger charge is 2.13. The fourth-order valence-electron chi connectivity index (χ4n) is 2.59. The SMILES string of the molecule is CCOc1cc(C=NNC(=S)Nc2cccc(Cl)c2)ccc1OC(=O)c1ccc(Cl)cc1. The van der Waals surface area contributed by atoms with Gasteiger partial charge in [0.2, 0.25) is 0 Å². The molecule has 0 spiro atoms. The number of anilines is 1. The van der Waals surface area contributed by atoms with Crippen molar-refractivity contribution in [1.82, 2.24) is 5.43 Å². The number of nitrogens with one attached hydrogen (secondary N) is 2. The third-order valence-electron chi connectivity index (χ3n) is 4.01. The summed E-state index contributed by atoms with van der Waals surface area (Å²) >= 11 is 17.0. The molecule has 0 bridgehead atoms. The highest BCUT2D eigenvalue weighted by Crippen LogP contribution is 2.29. The Kier molecular flexibility index (Phi) is 8.44. The van der Waals surface area contributed by atoms with Gasteiger partial charge in [-0.1, -0.05) is 29.3 Å². The molecule has 2 N–H and O–H groups in total. The number of carbonyl (C=O) groups is 1. The smallest absolute Gasteiger partial charge is 0.343 e. The summed E-state index contributed by atoms with van der Waals surface area (Å²) in [4.78, 5) is 12.4. The first-order valence-electron chi connectivity index (χ1n) is 9.55. The minimum absolute atomic E-state index is 0.301. The molecule has 0 radical (unpaired) electrons. The number of benzene rings is 3. The van der Waals surface area contributed by atoms with Crippen molar-refractivity contribution < 1.29 is 14.3 Å². The molecule has 3 rings (SSSR count). The average molecular weight is 488 g/mol. The summed E-state index contributed by atoms with van der Waals surface area (Å²) in [5.41, 5.74) is 4.58. The van der Waals surface area contributed by atoms with Crippen molar-refractivity contribution >= 4 is 58.4 Å². The Bertz CT molecular complexity index is 1140. The van der Waals surface area contributed by atoms with E-state index in [9.17, 15) is 4.79 Å². The van der Waals surface area contributed by atoms with Gasteiger partial charge < -0.3 is 14.8 Å². The maximum atomic E-state index is 12.4. The third kappa shape index (κ3) is 6.95. The molecule has 0 atom stereocenters. The van der Waals surface area contributed by atoms with E-state index in [1.54, 1.807) is 60.8 Å². The van der Waals surface area contributed by atoms with Crippen molar-refractivity contribution in [3.8, 4) is 11.5 Å². The third-order valence-corrected chi connectivity index (χ3v) is 4.69. The van der Waals surface area contributed by atoms with Crippen molar-refractivity contribution in [3.05, 3.63) is 87.9 Å². The predicted octanol–water partition coefficient (Wildman–Crippen LogP) is 5.93. The summed E-state index contributed by atoms with van der Waals surface area (Å²) in [7, 11) is 0. The number of hydrogen-bond donors (Lipinski definition) is 2. The molecule has 0 aromatic heterocycles. The van der Waals surface area contributed by atoms with E-state index in [2.05, 4.69) is 15.8 Å². The maximum absolute atomic E-state index is 12.4. The molecule has 0 heterocycles. The largest absolute Gasteiger partial charge is 0.490 e. The van der Waals surface area contributed by atoms with E-state index in [1.807, 2.05) is 19.1 Å². The van der Waals surface area contributed by atoms with E-state index in [-0.39, 0.29) is 0 Å². The highest BCUT2D eigenvalue weighted by molar-refractivity contribution is 7.80. The quantitative estimate of drug-likeness (QED) is 0.141. The lowest BCUT2D eigenvalue weighted by Crippen LogP contribution is -2.23. The number of esters is 1. The van der Waals surface area contributed by atoms with Gasteiger partial charge in [-0.3, -0.25) is 5.43 Å². The molecular formula is C23H19Cl2N3O3S. The molecule has 3 aromatic rings. The topological polar surface area (TPSA) is 71.9 Å². The lowest BCUT2D eigenvalue weighted by molar-refractivity contribution is 0.0728. The molecule has 6 nitrogen and oxygen atoms in total. The summed E-state index contributed by atoms with van der Waals surface area (Å²) in [5, 5.41) is 8.55. The second-order valence-electron chi connectivity index (χ2n) is 6.37. The number of thiocarbonyl (C=S) groups is 1. The first-order valence-corrected chi connectivity index (χ1v) is 10.7. The first kappa shape index (κ1) is 23.5. The van der Waals surface area contributed by atoms with E-state index in [0.717, 1.165) is 11.3 Å². The fourth-order valence-corrected chi connectivity index (χ4v) is 3.08. The van der Waals surface area contributed by atoms with Crippen molar-refractivity contribution in [3.63, 3.8) is 0 Å². The van der Waals surface area contributed by atoms with Gasteiger partial charge in [0, 0.05) is 15.7 Å². The van der Waals surface area contributed by atoms with Gasteiger partial charge >= 0.3 is 5.97 Å². The van der Waals surface area contributed by atoms with E-state index in [1.165, 1.54) is 0 Å². The summed E-state index contributed by atoms with van der Waals surface area (Å²) in [6.07, 6.45) is 1.57. The molecule has 0 saturated heterocycles. The molecule has 0 aliphatic carbocycles. The number of hydrogen-bond acceptors (Lipinski definition) is 5. The first-order chi connectivity index (χ1) is 15.4. The van der Waals surface area contributed by atoms with E-state index >= 15 is 0 Å². The monoisotopic (exact) mass is 487 g/mol. The number of ether oxygens (including phenoxy) is 2. The summed E-state index contributed by atoms with van der Waals surface area (Å²) < 4.78 is 11.1.